The molecule has 1 aromatic heterocycles. The number of pyridine rings is 1. The molecule has 0 bridgehead atoms. The van der Waals surface area contributed by atoms with Crippen LogP contribution in [-0.2, 0) is 0 Å². The number of nitrogens with one attached hydrogen (secondary N) is 2. The second-order valence-corrected chi connectivity index (χ2v) is 4.48. The molecule has 0 saturated carbocycles. The summed E-state index contributed by atoms with van der Waals surface area (Å²) in [4.78, 5) is 16.1. The fourth-order valence-corrected chi connectivity index (χ4v) is 1.70. The third-order valence-corrected chi connectivity index (χ3v) is 2.75. The van der Waals surface area contributed by atoms with E-state index in [1.54, 1.807) is 12.3 Å². The highest BCUT2D eigenvalue weighted by atomic mass is 16.1. The summed E-state index contributed by atoms with van der Waals surface area (Å²) in [6, 6.07) is 3.84. The van der Waals surface area contributed by atoms with Crippen molar-refractivity contribution in [2.45, 2.75) is 46.1 Å². The molecule has 4 heteroatoms. The summed E-state index contributed by atoms with van der Waals surface area (Å²) in [7, 11) is 0. The fraction of sp³-hybridized carbons (Fsp3) is 0.571. The zero-order valence-electron chi connectivity index (χ0n) is 11.5. The van der Waals surface area contributed by atoms with Crippen molar-refractivity contribution in [3.05, 3.63) is 23.9 Å². The van der Waals surface area contributed by atoms with Gasteiger partial charge in [0.1, 0.15) is 5.82 Å². The zero-order chi connectivity index (χ0) is 13.4. The number of unbranched alkanes of at least 4 members (excludes halogenated alkanes) is 1. The Balaban J connectivity index is 2.50. The zero-order valence-corrected chi connectivity index (χ0v) is 11.5. The molecule has 0 fully saturated rings. The third-order valence-electron chi connectivity index (χ3n) is 2.75. The molecule has 0 saturated heterocycles. The minimum atomic E-state index is -0.0471. The molecule has 1 heterocycles. The van der Waals surface area contributed by atoms with E-state index in [0.29, 0.717) is 5.56 Å². The molecule has 1 atom stereocenters. The van der Waals surface area contributed by atoms with Crippen molar-refractivity contribution < 1.29 is 4.79 Å². The van der Waals surface area contributed by atoms with Gasteiger partial charge in [-0.05, 0) is 32.4 Å². The first-order valence-corrected chi connectivity index (χ1v) is 6.68. The van der Waals surface area contributed by atoms with Gasteiger partial charge in [0.25, 0.3) is 5.91 Å². The predicted molar refractivity (Wildman–Crippen MR) is 74.9 cm³/mol. The van der Waals surface area contributed by atoms with Crippen LogP contribution in [0.1, 0.15) is 50.4 Å². The molecule has 100 valence electrons. The van der Waals surface area contributed by atoms with Crippen molar-refractivity contribution in [2.24, 2.45) is 0 Å². The second kappa shape index (κ2) is 7.69. The highest BCUT2D eigenvalue weighted by Crippen LogP contribution is 2.06. The number of carbonyl (C=O) groups excluding carboxylic acids is 1. The molecule has 1 aromatic rings. The molecule has 0 aliphatic rings. The van der Waals surface area contributed by atoms with Gasteiger partial charge < -0.3 is 10.6 Å². The highest BCUT2D eigenvalue weighted by molar-refractivity contribution is 5.94. The van der Waals surface area contributed by atoms with E-state index in [1.165, 1.54) is 0 Å². The summed E-state index contributed by atoms with van der Waals surface area (Å²) in [6.45, 7) is 7.02. The van der Waals surface area contributed by atoms with Crippen LogP contribution in [0.15, 0.2) is 18.3 Å². The smallest absolute Gasteiger partial charge is 0.253 e. The van der Waals surface area contributed by atoms with Gasteiger partial charge in [0.2, 0.25) is 0 Å². The number of nitrogens with zero attached hydrogens (tertiary/aromatic N) is 1. The monoisotopic (exact) mass is 249 g/mol. The summed E-state index contributed by atoms with van der Waals surface area (Å²) >= 11 is 0. The first-order chi connectivity index (χ1) is 8.67. The molecular weight excluding hydrogens is 226 g/mol. The Morgan fingerprint density at radius 2 is 2.17 bits per heavy atom. The van der Waals surface area contributed by atoms with Gasteiger partial charge >= 0.3 is 0 Å². The quantitative estimate of drug-likeness (QED) is 0.781. The predicted octanol–water partition coefficient (Wildman–Crippen LogP) is 2.82. The topological polar surface area (TPSA) is 54.0 Å². The van der Waals surface area contributed by atoms with E-state index >= 15 is 0 Å². The van der Waals surface area contributed by atoms with E-state index in [2.05, 4.69) is 22.5 Å². The van der Waals surface area contributed by atoms with Crippen LogP contribution in [0.5, 0.6) is 0 Å². The molecular formula is C14H23N3O. The van der Waals surface area contributed by atoms with Crippen molar-refractivity contribution in [1.29, 1.82) is 0 Å². The largest absolute Gasteiger partial charge is 0.370 e. The Bertz CT molecular complexity index is 362. The summed E-state index contributed by atoms with van der Waals surface area (Å²) in [5.41, 5.74) is 0.611. The first-order valence-electron chi connectivity index (χ1n) is 6.68. The molecule has 1 unspecified atom stereocenters. The molecule has 4 nitrogen and oxygen atoms in total. The Kier molecular flexibility index (Phi) is 6.19. The molecule has 18 heavy (non-hydrogen) atoms. The number of hydrogen-bond acceptors (Lipinski definition) is 3. The molecule has 1 amide bonds. The van der Waals surface area contributed by atoms with Gasteiger partial charge in [-0.2, -0.15) is 0 Å². The van der Waals surface area contributed by atoms with Crippen LogP contribution in [0.3, 0.4) is 0 Å². The van der Waals surface area contributed by atoms with Gasteiger partial charge in [0.05, 0.1) is 5.56 Å². The van der Waals surface area contributed by atoms with Gasteiger partial charge in [-0.25, -0.2) is 4.98 Å². The molecule has 0 radical (unpaired) electrons. The number of anilines is 1. The summed E-state index contributed by atoms with van der Waals surface area (Å²) in [6.07, 6.45) is 4.92. The lowest BCUT2D eigenvalue weighted by Crippen LogP contribution is -2.32. The van der Waals surface area contributed by atoms with E-state index in [-0.39, 0.29) is 11.9 Å². The van der Waals surface area contributed by atoms with Gasteiger partial charge in [-0.15, -0.1) is 0 Å². The second-order valence-electron chi connectivity index (χ2n) is 4.48. The van der Waals surface area contributed by atoms with E-state index in [1.807, 2.05) is 19.9 Å². The van der Waals surface area contributed by atoms with E-state index < -0.39 is 0 Å². The summed E-state index contributed by atoms with van der Waals surface area (Å²) in [5, 5.41) is 6.08. The fourth-order valence-electron chi connectivity index (χ4n) is 1.70. The average Bonchev–Trinajstić information content (AvgIpc) is 2.37. The third kappa shape index (κ3) is 4.73. The number of amides is 1. The number of aromatic nitrogens is 1. The van der Waals surface area contributed by atoms with Gasteiger partial charge in [0, 0.05) is 18.8 Å². The molecule has 0 aliphatic heterocycles. The Hall–Kier alpha value is -1.58. The lowest BCUT2D eigenvalue weighted by molar-refractivity contribution is 0.0937. The van der Waals surface area contributed by atoms with Crippen LogP contribution in [0, 0.1) is 0 Å². The van der Waals surface area contributed by atoms with Gasteiger partial charge in [-0.3, -0.25) is 4.79 Å². The van der Waals surface area contributed by atoms with Crippen molar-refractivity contribution in [2.75, 3.05) is 11.9 Å². The number of hydrogen-bond donors (Lipinski definition) is 2. The lowest BCUT2D eigenvalue weighted by Gasteiger charge is -2.13. The van der Waals surface area contributed by atoms with E-state index in [0.717, 1.165) is 31.6 Å². The maximum atomic E-state index is 11.9. The first kappa shape index (κ1) is 14.5. The minimum absolute atomic E-state index is 0.0471. The molecule has 0 aromatic carbocycles. The lowest BCUT2D eigenvalue weighted by atomic mass is 10.1. The SMILES string of the molecule is CCCCC(C)NC(=O)c1ccc(NCC)nc1. The average molecular weight is 249 g/mol. The standard InChI is InChI=1S/C14H23N3O/c1-4-6-7-11(3)17-14(18)12-8-9-13(15-5-2)16-10-12/h8-11H,4-7H2,1-3H3,(H,15,16)(H,17,18). The Morgan fingerprint density at radius 3 is 2.72 bits per heavy atom. The normalized spacial score (nSPS) is 11.9. The van der Waals surface area contributed by atoms with Gasteiger partial charge in [-0.1, -0.05) is 19.8 Å². The molecule has 0 spiro atoms. The van der Waals surface area contributed by atoms with Crippen molar-refractivity contribution in [3.8, 4) is 0 Å². The van der Waals surface area contributed by atoms with Crippen LogP contribution in [-0.4, -0.2) is 23.5 Å². The van der Waals surface area contributed by atoms with Crippen molar-refractivity contribution >= 4 is 11.7 Å². The number of rotatable bonds is 7. The maximum Gasteiger partial charge on any atom is 0.253 e. The summed E-state index contributed by atoms with van der Waals surface area (Å²) < 4.78 is 0. The van der Waals surface area contributed by atoms with Crippen LogP contribution in [0.4, 0.5) is 5.82 Å². The van der Waals surface area contributed by atoms with E-state index in [4.69, 9.17) is 0 Å². The van der Waals surface area contributed by atoms with Crippen molar-refractivity contribution in [1.82, 2.24) is 10.3 Å². The van der Waals surface area contributed by atoms with Crippen LogP contribution < -0.4 is 10.6 Å². The Morgan fingerprint density at radius 1 is 1.39 bits per heavy atom. The summed E-state index contributed by atoms with van der Waals surface area (Å²) in [5.74, 6) is 0.752. The highest BCUT2D eigenvalue weighted by Gasteiger charge is 2.09. The molecule has 1 rings (SSSR count). The minimum Gasteiger partial charge on any atom is -0.370 e. The maximum absolute atomic E-state index is 11.9. The Labute approximate surface area is 109 Å². The number of carbonyl (C=O) groups is 1. The van der Waals surface area contributed by atoms with Crippen LogP contribution in [0.25, 0.3) is 0 Å². The molecule has 0 aliphatic carbocycles. The van der Waals surface area contributed by atoms with Crippen molar-refractivity contribution in [3.63, 3.8) is 0 Å². The van der Waals surface area contributed by atoms with Gasteiger partial charge in [0.15, 0.2) is 0 Å². The van der Waals surface area contributed by atoms with Crippen LogP contribution in [0.2, 0.25) is 0 Å². The van der Waals surface area contributed by atoms with Crippen LogP contribution >= 0.6 is 0 Å². The van der Waals surface area contributed by atoms with E-state index in [9.17, 15) is 4.79 Å². The molecule has 2 N–H and O–H groups in total.